The maximum absolute atomic E-state index is 5.60. The van der Waals surface area contributed by atoms with Crippen LogP contribution in [0.1, 0.15) is 41.0 Å². The van der Waals surface area contributed by atoms with E-state index in [0.717, 1.165) is 11.3 Å². The van der Waals surface area contributed by atoms with Gasteiger partial charge < -0.3 is 0 Å². The van der Waals surface area contributed by atoms with Gasteiger partial charge >= 0.3 is 0 Å². The van der Waals surface area contributed by atoms with Gasteiger partial charge in [-0.15, -0.1) is 0 Å². The second kappa shape index (κ2) is 7.56. The van der Waals surface area contributed by atoms with Crippen LogP contribution in [0.3, 0.4) is 0 Å². The van der Waals surface area contributed by atoms with Crippen LogP contribution >= 0.6 is 27.9 Å². The van der Waals surface area contributed by atoms with E-state index in [1.807, 2.05) is 6.08 Å². The second-order valence-corrected chi connectivity index (χ2v) is 8.81. The quantitative estimate of drug-likeness (QED) is 0.381. The normalized spacial score (nSPS) is 16.1. The van der Waals surface area contributed by atoms with E-state index in [0.29, 0.717) is 5.92 Å². The van der Waals surface area contributed by atoms with E-state index in [-0.39, 0.29) is 9.74 Å². The number of nitrogens with two attached hydrogens (primary N) is 1. The fraction of sp³-hybridized carbons (Fsp3) is 0.600. The summed E-state index contributed by atoms with van der Waals surface area (Å²) in [5.74, 6) is 0.481. The largest absolute Gasteiger partial charge is 0.274 e. The summed E-state index contributed by atoms with van der Waals surface area (Å²) < 4.78 is 0.168. The molecular weight excluding hydrogens is 306 g/mol. The maximum Gasteiger partial charge on any atom is 0.0222 e. The van der Waals surface area contributed by atoms with Gasteiger partial charge in [-0.1, -0.05) is 75.4 Å². The monoisotopic (exact) mass is 331 g/mol. The Kier molecular flexibility index (Phi) is 7.57. The molecule has 0 heterocycles. The van der Waals surface area contributed by atoms with Gasteiger partial charge in [-0.05, 0) is 35.8 Å². The van der Waals surface area contributed by atoms with Gasteiger partial charge in [0.2, 0.25) is 0 Å². The summed E-state index contributed by atoms with van der Waals surface area (Å²) in [6.45, 7) is 15.0. The van der Waals surface area contributed by atoms with E-state index in [4.69, 9.17) is 5.14 Å². The minimum Gasteiger partial charge on any atom is -0.274 e. The Balaban J connectivity index is 4.74. The van der Waals surface area contributed by atoms with Crippen molar-refractivity contribution >= 4 is 27.9 Å². The average molecular weight is 332 g/mol. The fourth-order valence-corrected chi connectivity index (χ4v) is 3.05. The van der Waals surface area contributed by atoms with E-state index in [1.165, 1.54) is 11.9 Å². The Hall–Kier alpha value is 0.01000. The minimum absolute atomic E-state index is 0.168. The number of hydrogen-bond donors (Lipinski definition) is 1. The Labute approximate surface area is 125 Å². The van der Waals surface area contributed by atoms with Crippen LogP contribution in [0.4, 0.5) is 0 Å². The van der Waals surface area contributed by atoms with E-state index in [9.17, 15) is 0 Å². The molecule has 1 atom stereocenters. The summed E-state index contributed by atoms with van der Waals surface area (Å²) in [7, 11) is 0. The number of alkyl halides is 1. The average Bonchev–Trinajstić information content (AvgIpc) is 2.20. The molecule has 1 unspecified atom stereocenters. The molecule has 0 aliphatic carbocycles. The Morgan fingerprint density at radius 3 is 2.33 bits per heavy atom. The first-order valence-corrected chi connectivity index (χ1v) is 7.86. The Bertz CT molecular complexity index is 324. The summed E-state index contributed by atoms with van der Waals surface area (Å²) in [6, 6.07) is 0. The highest BCUT2D eigenvalue weighted by molar-refractivity contribution is 9.10. The van der Waals surface area contributed by atoms with E-state index in [1.54, 1.807) is 6.08 Å². The zero-order valence-electron chi connectivity index (χ0n) is 12.2. The van der Waals surface area contributed by atoms with Crippen LogP contribution in [0, 0.1) is 11.3 Å². The van der Waals surface area contributed by atoms with Crippen LogP contribution in [-0.2, 0) is 0 Å². The predicted octanol–water partition coefficient (Wildman–Crippen LogP) is 5.45. The third kappa shape index (κ3) is 7.45. The molecule has 0 radical (unpaired) electrons. The molecule has 18 heavy (non-hydrogen) atoms. The summed E-state index contributed by atoms with van der Waals surface area (Å²) in [5.41, 5.74) is 0.238. The molecule has 0 aliphatic heterocycles. The molecule has 0 fully saturated rings. The molecule has 2 N–H and O–H groups in total. The summed E-state index contributed by atoms with van der Waals surface area (Å²) in [4.78, 5) is 1.03. The number of hydrogen-bond acceptors (Lipinski definition) is 2. The van der Waals surface area contributed by atoms with Gasteiger partial charge in [-0.2, -0.15) is 0 Å². The molecule has 0 bridgehead atoms. The minimum atomic E-state index is 0.168. The van der Waals surface area contributed by atoms with Crippen molar-refractivity contribution in [1.82, 2.24) is 0 Å². The maximum atomic E-state index is 5.60. The smallest absolute Gasteiger partial charge is 0.0222 e. The Morgan fingerprint density at radius 1 is 1.39 bits per heavy atom. The summed E-state index contributed by atoms with van der Waals surface area (Å²) >= 11 is 4.98. The molecule has 0 rings (SSSR count). The van der Waals surface area contributed by atoms with Gasteiger partial charge in [-0.3, -0.25) is 5.14 Å². The SMILES string of the molecule is C=C/C=C(\C=C/C(C)C(C)(C)CC(C)(C)Br)SN. The van der Waals surface area contributed by atoms with Gasteiger partial charge in [0.05, 0.1) is 0 Å². The molecule has 0 amide bonds. The number of allylic oxidation sites excluding steroid dienone is 4. The lowest BCUT2D eigenvalue weighted by Crippen LogP contribution is -2.28. The highest BCUT2D eigenvalue weighted by atomic mass is 79.9. The van der Waals surface area contributed by atoms with Crippen LogP contribution in [0.2, 0.25) is 0 Å². The first kappa shape index (κ1) is 18.0. The molecule has 0 aromatic rings. The molecule has 0 saturated carbocycles. The van der Waals surface area contributed by atoms with Crippen LogP contribution < -0.4 is 5.14 Å². The second-order valence-electron chi connectivity index (χ2n) is 5.95. The lowest BCUT2D eigenvalue weighted by Gasteiger charge is -2.35. The van der Waals surface area contributed by atoms with Crippen molar-refractivity contribution in [2.75, 3.05) is 0 Å². The molecule has 0 spiro atoms. The fourth-order valence-electron chi connectivity index (χ4n) is 1.99. The van der Waals surface area contributed by atoms with Gasteiger partial charge in [-0.25, -0.2) is 0 Å². The predicted molar refractivity (Wildman–Crippen MR) is 89.8 cm³/mol. The van der Waals surface area contributed by atoms with Crippen LogP contribution in [0.15, 0.2) is 35.8 Å². The molecule has 1 nitrogen and oxygen atoms in total. The molecular formula is C15H26BrNS. The van der Waals surface area contributed by atoms with Crippen molar-refractivity contribution in [2.24, 2.45) is 16.5 Å². The lowest BCUT2D eigenvalue weighted by molar-refractivity contribution is 0.235. The molecule has 104 valence electrons. The van der Waals surface area contributed by atoms with Crippen LogP contribution in [0.5, 0.6) is 0 Å². The standard InChI is InChI=1S/C15H26BrNS/c1-7-8-13(18-17)10-9-12(2)14(3,4)11-15(5,6)16/h7-10,12H,1,11,17H2,2-6H3/b10-9-,13-8+. The first-order valence-electron chi connectivity index (χ1n) is 6.19. The van der Waals surface area contributed by atoms with Gasteiger partial charge in [0.15, 0.2) is 0 Å². The number of rotatable bonds is 7. The van der Waals surface area contributed by atoms with Crippen LogP contribution in [0.25, 0.3) is 0 Å². The van der Waals surface area contributed by atoms with Crippen molar-refractivity contribution in [2.45, 2.75) is 45.4 Å². The zero-order valence-corrected chi connectivity index (χ0v) is 14.6. The first-order chi connectivity index (χ1) is 8.12. The molecule has 0 saturated heterocycles. The van der Waals surface area contributed by atoms with Crippen molar-refractivity contribution in [3.8, 4) is 0 Å². The summed E-state index contributed by atoms with van der Waals surface area (Å²) in [5, 5.41) is 5.60. The Morgan fingerprint density at radius 2 is 1.94 bits per heavy atom. The van der Waals surface area contributed by atoms with Crippen molar-refractivity contribution in [1.29, 1.82) is 0 Å². The topological polar surface area (TPSA) is 26.0 Å². The van der Waals surface area contributed by atoms with Gasteiger partial charge in [0.1, 0.15) is 0 Å². The van der Waals surface area contributed by atoms with Crippen LogP contribution in [-0.4, -0.2) is 4.32 Å². The third-order valence-corrected chi connectivity index (χ3v) is 3.90. The highest BCUT2D eigenvalue weighted by Crippen LogP contribution is 2.39. The molecule has 0 aromatic carbocycles. The third-order valence-electron chi connectivity index (χ3n) is 3.08. The zero-order chi connectivity index (χ0) is 14.4. The van der Waals surface area contributed by atoms with E-state index in [2.05, 4.69) is 69.3 Å². The van der Waals surface area contributed by atoms with E-state index >= 15 is 0 Å². The van der Waals surface area contributed by atoms with Gasteiger partial charge in [0, 0.05) is 9.23 Å². The lowest BCUT2D eigenvalue weighted by atomic mass is 9.74. The van der Waals surface area contributed by atoms with Gasteiger partial charge in [0.25, 0.3) is 0 Å². The van der Waals surface area contributed by atoms with E-state index < -0.39 is 0 Å². The molecule has 3 heteroatoms. The van der Waals surface area contributed by atoms with Crippen molar-refractivity contribution in [3.05, 3.63) is 35.8 Å². The summed E-state index contributed by atoms with van der Waals surface area (Å²) in [6.07, 6.45) is 9.11. The molecule has 0 aromatic heterocycles. The highest BCUT2D eigenvalue weighted by Gasteiger charge is 2.30. The van der Waals surface area contributed by atoms with Crippen molar-refractivity contribution < 1.29 is 0 Å². The van der Waals surface area contributed by atoms with Crippen molar-refractivity contribution in [3.63, 3.8) is 0 Å². The number of halogens is 1. The molecule has 0 aliphatic rings.